The molecule has 0 bridgehead atoms. The smallest absolute Gasteiger partial charge is 0.254 e. The second-order valence-electron chi connectivity index (χ2n) is 5.50. The van der Waals surface area contributed by atoms with E-state index in [0.717, 1.165) is 30.6 Å². The molecular formula is C16H15ClN2O2. The number of nitrogens with zero attached hydrogens (tertiary/aromatic N) is 2. The maximum atomic E-state index is 12.6. The van der Waals surface area contributed by atoms with E-state index in [1.807, 2.05) is 0 Å². The molecule has 0 spiro atoms. The van der Waals surface area contributed by atoms with Crippen molar-refractivity contribution in [2.45, 2.75) is 24.8 Å². The molecule has 2 aliphatic rings. The number of amides is 1. The maximum Gasteiger partial charge on any atom is 0.254 e. The Morgan fingerprint density at radius 1 is 1.48 bits per heavy atom. The fourth-order valence-electron chi connectivity index (χ4n) is 2.72. The Morgan fingerprint density at radius 3 is 2.86 bits per heavy atom. The third-order valence-electron chi connectivity index (χ3n) is 4.29. The molecule has 1 aliphatic heterocycles. The molecule has 1 fully saturated rings. The number of carbonyl (C=O) groups excluding carboxylic acids is 1. The van der Waals surface area contributed by atoms with Crippen LogP contribution in [0.3, 0.4) is 0 Å². The molecule has 0 aromatic heterocycles. The number of rotatable bonds is 2. The van der Waals surface area contributed by atoms with Crippen LogP contribution in [0.5, 0.6) is 5.75 Å². The molecule has 1 amide bonds. The minimum absolute atomic E-state index is 0.151. The summed E-state index contributed by atoms with van der Waals surface area (Å²) in [5.41, 5.74) is 0.700. The van der Waals surface area contributed by atoms with Gasteiger partial charge in [-0.25, -0.2) is 0 Å². The number of likely N-dealkylation sites (N-methyl/N-ethyl adjacent to an activating group) is 1. The first-order valence-corrected chi connectivity index (χ1v) is 7.26. The summed E-state index contributed by atoms with van der Waals surface area (Å²) in [6.07, 6.45) is 4.26. The van der Waals surface area contributed by atoms with Crippen molar-refractivity contribution in [3.8, 4) is 11.8 Å². The number of fused-ring (bicyclic) bond motifs is 1. The van der Waals surface area contributed by atoms with E-state index in [2.05, 4.69) is 6.07 Å². The molecule has 0 unspecified atom stereocenters. The second kappa shape index (κ2) is 5.09. The van der Waals surface area contributed by atoms with Crippen molar-refractivity contribution in [1.82, 2.24) is 4.90 Å². The number of nitriles is 1. The van der Waals surface area contributed by atoms with Gasteiger partial charge in [-0.05, 0) is 43.5 Å². The highest BCUT2D eigenvalue weighted by Crippen LogP contribution is 2.37. The molecule has 1 aromatic carbocycles. The van der Waals surface area contributed by atoms with Gasteiger partial charge in [-0.3, -0.25) is 4.79 Å². The van der Waals surface area contributed by atoms with Gasteiger partial charge >= 0.3 is 0 Å². The predicted molar refractivity (Wildman–Crippen MR) is 79.9 cm³/mol. The van der Waals surface area contributed by atoms with Crippen LogP contribution < -0.4 is 4.74 Å². The fraction of sp³-hybridized carbons (Fsp3) is 0.375. The zero-order valence-electron chi connectivity index (χ0n) is 11.7. The Hall–Kier alpha value is -1.99. The molecule has 0 radical (unpaired) electrons. The molecule has 4 nitrogen and oxygen atoms in total. The van der Waals surface area contributed by atoms with Gasteiger partial charge in [0.05, 0.1) is 11.6 Å². The summed E-state index contributed by atoms with van der Waals surface area (Å²) in [7, 11) is 1.69. The van der Waals surface area contributed by atoms with Crippen LogP contribution >= 0.6 is 11.6 Å². The Balaban J connectivity index is 1.88. The Bertz CT molecular complexity index is 671. The highest BCUT2D eigenvalue weighted by Gasteiger charge is 2.44. The van der Waals surface area contributed by atoms with Crippen LogP contribution in [-0.4, -0.2) is 30.0 Å². The molecule has 3 rings (SSSR count). The largest absolute Gasteiger partial charge is 0.488 e. The first kappa shape index (κ1) is 14.0. The quantitative estimate of drug-likeness (QED) is 0.844. The van der Waals surface area contributed by atoms with E-state index < -0.39 is 5.54 Å². The van der Waals surface area contributed by atoms with Crippen LogP contribution in [0.25, 0.3) is 6.08 Å². The normalized spacial score (nSPS) is 18.4. The predicted octanol–water partition coefficient (Wildman–Crippen LogP) is 3.02. The van der Waals surface area contributed by atoms with E-state index in [-0.39, 0.29) is 12.5 Å². The highest BCUT2D eigenvalue weighted by atomic mass is 35.5. The van der Waals surface area contributed by atoms with Gasteiger partial charge in [0, 0.05) is 17.6 Å². The van der Waals surface area contributed by atoms with Crippen molar-refractivity contribution in [3.05, 3.63) is 34.4 Å². The van der Waals surface area contributed by atoms with Crippen molar-refractivity contribution < 1.29 is 9.53 Å². The maximum absolute atomic E-state index is 12.6. The monoisotopic (exact) mass is 302 g/mol. The van der Waals surface area contributed by atoms with Crippen molar-refractivity contribution in [2.75, 3.05) is 13.7 Å². The van der Waals surface area contributed by atoms with Crippen molar-refractivity contribution in [3.63, 3.8) is 0 Å². The van der Waals surface area contributed by atoms with Crippen LogP contribution in [0.4, 0.5) is 0 Å². The zero-order valence-corrected chi connectivity index (χ0v) is 12.5. The summed E-state index contributed by atoms with van der Waals surface area (Å²) in [6, 6.07) is 7.60. The van der Waals surface area contributed by atoms with Gasteiger partial charge in [-0.15, -0.1) is 0 Å². The Kier molecular flexibility index (Phi) is 3.38. The van der Waals surface area contributed by atoms with Crippen LogP contribution in [0.1, 0.15) is 24.8 Å². The molecule has 1 aromatic rings. The van der Waals surface area contributed by atoms with E-state index in [0.29, 0.717) is 10.6 Å². The van der Waals surface area contributed by atoms with Gasteiger partial charge in [0.15, 0.2) is 0 Å². The number of halogens is 1. The lowest BCUT2D eigenvalue weighted by molar-refractivity contribution is -0.132. The summed E-state index contributed by atoms with van der Waals surface area (Å²) in [5.74, 6) is 0.569. The Morgan fingerprint density at radius 2 is 2.24 bits per heavy atom. The lowest BCUT2D eigenvalue weighted by Crippen LogP contribution is -2.54. The average Bonchev–Trinajstić information content (AvgIpc) is 2.45. The van der Waals surface area contributed by atoms with E-state index in [4.69, 9.17) is 16.3 Å². The molecule has 0 saturated heterocycles. The van der Waals surface area contributed by atoms with Gasteiger partial charge < -0.3 is 9.64 Å². The van der Waals surface area contributed by atoms with Crippen LogP contribution in [0, 0.1) is 11.3 Å². The van der Waals surface area contributed by atoms with Crippen LogP contribution in [0.2, 0.25) is 5.02 Å². The van der Waals surface area contributed by atoms with Gasteiger partial charge in [0.25, 0.3) is 5.91 Å². The van der Waals surface area contributed by atoms with E-state index in [1.54, 1.807) is 36.2 Å². The van der Waals surface area contributed by atoms with Gasteiger partial charge in [-0.1, -0.05) is 11.6 Å². The van der Waals surface area contributed by atoms with E-state index >= 15 is 0 Å². The molecule has 1 saturated carbocycles. The molecule has 0 N–H and O–H groups in total. The first-order valence-electron chi connectivity index (χ1n) is 6.88. The van der Waals surface area contributed by atoms with Crippen LogP contribution in [0.15, 0.2) is 23.8 Å². The number of benzene rings is 1. The minimum atomic E-state index is -0.646. The summed E-state index contributed by atoms with van der Waals surface area (Å²) in [5, 5.41) is 9.94. The molecule has 108 valence electrons. The highest BCUT2D eigenvalue weighted by molar-refractivity contribution is 6.30. The Labute approximate surface area is 128 Å². The third-order valence-corrected chi connectivity index (χ3v) is 4.53. The SMILES string of the molecule is CN(C(=O)C1=Cc2cc(Cl)ccc2OC1)C1(C#N)CCC1. The van der Waals surface area contributed by atoms with E-state index in [1.165, 1.54) is 0 Å². The molecule has 5 heteroatoms. The molecule has 0 atom stereocenters. The van der Waals surface area contributed by atoms with Crippen molar-refractivity contribution >= 4 is 23.6 Å². The van der Waals surface area contributed by atoms with Gasteiger partial charge in [-0.2, -0.15) is 5.26 Å². The zero-order chi connectivity index (χ0) is 15.0. The number of ether oxygens (including phenoxy) is 1. The van der Waals surface area contributed by atoms with Gasteiger partial charge in [0.1, 0.15) is 17.9 Å². The number of hydrogen-bond acceptors (Lipinski definition) is 3. The van der Waals surface area contributed by atoms with Crippen LogP contribution in [-0.2, 0) is 4.79 Å². The average molecular weight is 303 g/mol. The lowest BCUT2D eigenvalue weighted by Gasteiger charge is -2.43. The van der Waals surface area contributed by atoms with Gasteiger partial charge in [0.2, 0.25) is 0 Å². The minimum Gasteiger partial charge on any atom is -0.488 e. The second-order valence-corrected chi connectivity index (χ2v) is 5.94. The summed E-state index contributed by atoms with van der Waals surface area (Å²) < 4.78 is 5.60. The summed E-state index contributed by atoms with van der Waals surface area (Å²) in [6.45, 7) is 0.222. The summed E-state index contributed by atoms with van der Waals surface area (Å²) >= 11 is 5.97. The molecule has 1 heterocycles. The molecule has 1 aliphatic carbocycles. The van der Waals surface area contributed by atoms with Crippen molar-refractivity contribution in [1.29, 1.82) is 5.26 Å². The lowest BCUT2D eigenvalue weighted by atomic mass is 9.76. The van der Waals surface area contributed by atoms with Crippen molar-refractivity contribution in [2.24, 2.45) is 0 Å². The number of carbonyl (C=O) groups is 1. The third kappa shape index (κ3) is 2.28. The summed E-state index contributed by atoms with van der Waals surface area (Å²) in [4.78, 5) is 14.1. The topological polar surface area (TPSA) is 53.3 Å². The van der Waals surface area contributed by atoms with E-state index in [9.17, 15) is 10.1 Å². The molecule has 21 heavy (non-hydrogen) atoms. The fourth-order valence-corrected chi connectivity index (χ4v) is 2.90. The standard InChI is InChI=1S/C16H15ClN2O2/c1-19(16(10-18)5-2-6-16)15(20)12-7-11-8-13(17)3-4-14(11)21-9-12/h3-4,7-8H,2,5-6,9H2,1H3. The molecular weight excluding hydrogens is 288 g/mol. The first-order chi connectivity index (χ1) is 10.1. The number of hydrogen-bond donors (Lipinski definition) is 0.